The molecule has 0 aromatic heterocycles. The van der Waals surface area contributed by atoms with Gasteiger partial charge in [0.1, 0.15) is 0 Å². The number of carbonyl (C=O) groups is 2. The second-order valence-corrected chi connectivity index (χ2v) is 4.55. The summed E-state index contributed by atoms with van der Waals surface area (Å²) >= 11 is 0. The SMILES string of the molecule is Cc1cccc(Nc2ccccc2C(=O)C(=O)O)c1C. The third-order valence-corrected chi connectivity index (χ3v) is 3.24. The maximum absolute atomic E-state index is 11.7. The van der Waals surface area contributed by atoms with Gasteiger partial charge in [0, 0.05) is 11.4 Å². The van der Waals surface area contributed by atoms with E-state index in [1.54, 1.807) is 18.2 Å². The lowest BCUT2D eigenvalue weighted by molar-refractivity contribution is -0.131. The first-order chi connectivity index (χ1) is 9.50. The molecule has 0 aliphatic heterocycles. The first-order valence-electron chi connectivity index (χ1n) is 6.20. The van der Waals surface area contributed by atoms with E-state index in [9.17, 15) is 9.59 Å². The molecule has 0 unspecified atom stereocenters. The molecule has 0 radical (unpaired) electrons. The van der Waals surface area contributed by atoms with Gasteiger partial charge in [0.05, 0.1) is 5.56 Å². The molecule has 0 heterocycles. The molecule has 0 saturated heterocycles. The van der Waals surface area contributed by atoms with E-state index in [2.05, 4.69) is 5.32 Å². The van der Waals surface area contributed by atoms with Crippen molar-refractivity contribution in [3.8, 4) is 0 Å². The van der Waals surface area contributed by atoms with Gasteiger partial charge in [-0.1, -0.05) is 24.3 Å². The summed E-state index contributed by atoms with van der Waals surface area (Å²) in [6, 6.07) is 12.4. The van der Waals surface area contributed by atoms with Crippen LogP contribution in [-0.4, -0.2) is 16.9 Å². The highest BCUT2D eigenvalue weighted by Crippen LogP contribution is 2.25. The molecule has 2 aromatic rings. The fraction of sp³-hybridized carbons (Fsp3) is 0.125. The Labute approximate surface area is 117 Å². The van der Waals surface area contributed by atoms with Crippen molar-refractivity contribution in [1.82, 2.24) is 0 Å². The number of rotatable bonds is 4. The van der Waals surface area contributed by atoms with Gasteiger partial charge < -0.3 is 10.4 Å². The molecule has 2 N–H and O–H groups in total. The Balaban J connectivity index is 2.42. The zero-order chi connectivity index (χ0) is 14.7. The van der Waals surface area contributed by atoms with E-state index in [1.807, 2.05) is 32.0 Å². The predicted molar refractivity (Wildman–Crippen MR) is 77.6 cm³/mol. The van der Waals surface area contributed by atoms with Crippen LogP contribution >= 0.6 is 0 Å². The van der Waals surface area contributed by atoms with Crippen LogP contribution < -0.4 is 5.32 Å². The van der Waals surface area contributed by atoms with Crippen LogP contribution in [-0.2, 0) is 4.79 Å². The summed E-state index contributed by atoms with van der Waals surface area (Å²) in [4.78, 5) is 22.5. The number of aliphatic carboxylic acids is 1. The largest absolute Gasteiger partial charge is 0.475 e. The Morgan fingerprint density at radius 1 is 0.950 bits per heavy atom. The van der Waals surface area contributed by atoms with Crippen molar-refractivity contribution in [1.29, 1.82) is 0 Å². The molecule has 0 amide bonds. The van der Waals surface area contributed by atoms with E-state index in [-0.39, 0.29) is 5.56 Å². The second kappa shape index (κ2) is 5.57. The topological polar surface area (TPSA) is 66.4 Å². The molecule has 4 heteroatoms. The molecule has 2 rings (SSSR count). The number of ketones is 1. The summed E-state index contributed by atoms with van der Waals surface area (Å²) in [6.45, 7) is 3.97. The number of carboxylic acid groups (broad SMARTS) is 1. The molecule has 20 heavy (non-hydrogen) atoms. The number of para-hydroxylation sites is 1. The fourth-order valence-corrected chi connectivity index (χ4v) is 1.94. The quantitative estimate of drug-likeness (QED) is 0.660. The van der Waals surface area contributed by atoms with Crippen LogP contribution in [0.3, 0.4) is 0 Å². The monoisotopic (exact) mass is 269 g/mol. The predicted octanol–water partition coefficient (Wildman–Crippen LogP) is 3.31. The molecule has 102 valence electrons. The van der Waals surface area contributed by atoms with Gasteiger partial charge in [-0.3, -0.25) is 4.79 Å². The highest BCUT2D eigenvalue weighted by atomic mass is 16.4. The van der Waals surface area contributed by atoms with Crippen LogP contribution in [0, 0.1) is 13.8 Å². The van der Waals surface area contributed by atoms with Crippen LogP contribution in [0.2, 0.25) is 0 Å². The number of Topliss-reactive ketones (excluding diaryl/α,β-unsaturated/α-hetero) is 1. The third kappa shape index (κ3) is 2.69. The molecular weight excluding hydrogens is 254 g/mol. The Bertz CT molecular complexity index is 677. The van der Waals surface area contributed by atoms with Crippen LogP contribution in [0.4, 0.5) is 11.4 Å². The maximum Gasteiger partial charge on any atom is 0.377 e. The third-order valence-electron chi connectivity index (χ3n) is 3.24. The number of carboxylic acids is 1. The van der Waals surface area contributed by atoms with Gasteiger partial charge in [-0.05, 0) is 43.2 Å². The van der Waals surface area contributed by atoms with Crippen LogP contribution in [0.5, 0.6) is 0 Å². The molecule has 0 spiro atoms. The number of hydrogen-bond acceptors (Lipinski definition) is 3. The zero-order valence-electron chi connectivity index (χ0n) is 11.3. The maximum atomic E-state index is 11.7. The van der Waals surface area contributed by atoms with Gasteiger partial charge in [-0.15, -0.1) is 0 Å². The number of carbonyl (C=O) groups excluding carboxylic acids is 1. The fourth-order valence-electron chi connectivity index (χ4n) is 1.94. The van der Waals surface area contributed by atoms with E-state index in [0.29, 0.717) is 5.69 Å². The van der Waals surface area contributed by atoms with Crippen molar-refractivity contribution >= 4 is 23.1 Å². The Hall–Kier alpha value is -2.62. The van der Waals surface area contributed by atoms with Gasteiger partial charge in [0.25, 0.3) is 5.78 Å². The minimum absolute atomic E-state index is 0.154. The summed E-state index contributed by atoms with van der Waals surface area (Å²) in [5.74, 6) is -2.38. The average Bonchev–Trinajstić information content (AvgIpc) is 2.43. The normalized spacial score (nSPS) is 10.1. The highest BCUT2D eigenvalue weighted by Gasteiger charge is 2.18. The van der Waals surface area contributed by atoms with Crippen LogP contribution in [0.15, 0.2) is 42.5 Å². The lowest BCUT2D eigenvalue weighted by atomic mass is 10.1. The van der Waals surface area contributed by atoms with E-state index in [4.69, 9.17) is 5.11 Å². The van der Waals surface area contributed by atoms with E-state index in [1.165, 1.54) is 6.07 Å². The lowest BCUT2D eigenvalue weighted by Gasteiger charge is -2.13. The summed E-state index contributed by atoms with van der Waals surface area (Å²) in [7, 11) is 0. The Kier molecular flexibility index (Phi) is 3.84. The zero-order valence-corrected chi connectivity index (χ0v) is 11.3. The molecule has 0 aliphatic rings. The number of aryl methyl sites for hydroxylation is 1. The van der Waals surface area contributed by atoms with Gasteiger partial charge in [-0.2, -0.15) is 0 Å². The number of benzene rings is 2. The van der Waals surface area contributed by atoms with E-state index < -0.39 is 11.8 Å². The summed E-state index contributed by atoms with van der Waals surface area (Å²) in [5.41, 5.74) is 3.69. The molecule has 0 fully saturated rings. The first kappa shape index (κ1) is 13.8. The van der Waals surface area contributed by atoms with E-state index >= 15 is 0 Å². The average molecular weight is 269 g/mol. The summed E-state index contributed by atoms with van der Waals surface area (Å²) in [5, 5.41) is 12.0. The minimum atomic E-state index is -1.46. The number of hydrogen-bond donors (Lipinski definition) is 2. The number of nitrogens with one attached hydrogen (secondary N) is 1. The van der Waals surface area contributed by atoms with Crippen molar-refractivity contribution < 1.29 is 14.7 Å². The minimum Gasteiger partial charge on any atom is -0.475 e. The molecule has 4 nitrogen and oxygen atoms in total. The van der Waals surface area contributed by atoms with Gasteiger partial charge in [0.2, 0.25) is 0 Å². The molecule has 2 aromatic carbocycles. The highest BCUT2D eigenvalue weighted by molar-refractivity contribution is 6.41. The van der Waals surface area contributed by atoms with Crippen molar-refractivity contribution in [2.45, 2.75) is 13.8 Å². The van der Waals surface area contributed by atoms with Crippen LogP contribution in [0.1, 0.15) is 21.5 Å². The first-order valence-corrected chi connectivity index (χ1v) is 6.20. The smallest absolute Gasteiger partial charge is 0.377 e. The van der Waals surface area contributed by atoms with Crippen molar-refractivity contribution in [2.24, 2.45) is 0 Å². The Morgan fingerprint density at radius 3 is 2.30 bits per heavy atom. The summed E-state index contributed by atoms with van der Waals surface area (Å²) < 4.78 is 0. The molecule has 0 atom stereocenters. The van der Waals surface area contributed by atoms with Crippen LogP contribution in [0.25, 0.3) is 0 Å². The summed E-state index contributed by atoms with van der Waals surface area (Å²) in [6.07, 6.45) is 0. The van der Waals surface area contributed by atoms with Gasteiger partial charge >= 0.3 is 5.97 Å². The van der Waals surface area contributed by atoms with Gasteiger partial charge in [0.15, 0.2) is 0 Å². The van der Waals surface area contributed by atoms with E-state index in [0.717, 1.165) is 16.8 Å². The Morgan fingerprint density at radius 2 is 1.60 bits per heavy atom. The molecular formula is C16H15NO3. The standard InChI is InChI=1S/C16H15NO3/c1-10-6-5-9-13(11(10)2)17-14-8-4-3-7-12(14)15(18)16(19)20/h3-9,17H,1-2H3,(H,19,20). The number of anilines is 2. The van der Waals surface area contributed by atoms with Gasteiger partial charge in [-0.25, -0.2) is 4.79 Å². The molecule has 0 bridgehead atoms. The second-order valence-electron chi connectivity index (χ2n) is 4.55. The van der Waals surface area contributed by atoms with Crippen molar-refractivity contribution in [3.05, 3.63) is 59.2 Å². The lowest BCUT2D eigenvalue weighted by Crippen LogP contribution is -2.14. The van der Waals surface area contributed by atoms with Crippen molar-refractivity contribution in [2.75, 3.05) is 5.32 Å². The van der Waals surface area contributed by atoms with Crippen molar-refractivity contribution in [3.63, 3.8) is 0 Å². The molecule has 0 aliphatic carbocycles. The molecule has 0 saturated carbocycles.